The van der Waals surface area contributed by atoms with Crippen LogP contribution in [-0.4, -0.2) is 109 Å². The number of amides is 7. The topological polar surface area (TPSA) is 379 Å². The summed E-state index contributed by atoms with van der Waals surface area (Å²) in [5, 5.41) is 14.6. The average molecular weight is 907 g/mol. The molecule has 2 aromatic rings. The predicted molar refractivity (Wildman–Crippen MR) is 226 cm³/mol. The quantitative estimate of drug-likeness (QED) is 0.0523. The van der Waals surface area contributed by atoms with E-state index in [4.69, 9.17) is 17.2 Å². The fourth-order valence-corrected chi connectivity index (χ4v) is 5.24. The lowest BCUT2D eigenvalue weighted by Crippen LogP contribution is -2.63. The van der Waals surface area contributed by atoms with Crippen molar-refractivity contribution in [3.05, 3.63) is 65.2 Å². The van der Waals surface area contributed by atoms with Gasteiger partial charge in [0.15, 0.2) is 0 Å². The second kappa shape index (κ2) is 24.4. The minimum atomic E-state index is -1.83. The third kappa shape index (κ3) is 16.6. The summed E-state index contributed by atoms with van der Waals surface area (Å²) in [6.07, 6.45) is 3.58. The van der Waals surface area contributed by atoms with Gasteiger partial charge in [-0.05, 0) is 74.3 Å². The Kier molecular flexibility index (Phi) is 22.1. The number of aromatic nitrogens is 4. The van der Waals surface area contributed by atoms with Crippen molar-refractivity contribution >= 4 is 66.2 Å². The van der Waals surface area contributed by atoms with Crippen molar-refractivity contribution in [1.82, 2.24) is 51.0 Å². The van der Waals surface area contributed by atoms with E-state index >= 15 is 0 Å². The highest BCUT2D eigenvalue weighted by atomic mass is 35.5. The van der Waals surface area contributed by atoms with E-state index in [0.29, 0.717) is 19.4 Å². The number of unbranched alkanes of at least 4 members (excludes halogenated alkanes) is 1. The van der Waals surface area contributed by atoms with Crippen molar-refractivity contribution in [2.45, 2.75) is 123 Å². The summed E-state index contributed by atoms with van der Waals surface area (Å²) in [6, 6.07) is -7.88. The number of aryl methyl sites for hydroxylation is 2. The number of primary amides is 1. The molecule has 6 atom stereocenters. The number of nitrogens with two attached hydrogens (primary N) is 3. The smallest absolute Gasteiger partial charge is 0.328 e. The normalized spacial score (nSPS) is 13.9. The van der Waals surface area contributed by atoms with Crippen molar-refractivity contribution in [3.63, 3.8) is 0 Å². The zero-order chi connectivity index (χ0) is 44.9. The molecule has 2 rings (SSSR count). The van der Waals surface area contributed by atoms with E-state index in [1.54, 1.807) is 0 Å². The number of nitrogens with zero attached hydrogens (tertiary/aromatic N) is 2. The second-order valence-electron chi connectivity index (χ2n) is 14.6. The number of hydrogen-bond donors (Lipinski definition) is 11. The van der Waals surface area contributed by atoms with Crippen molar-refractivity contribution in [2.75, 3.05) is 6.54 Å². The molecule has 0 saturated heterocycles. The Hall–Kier alpha value is -5.85. The van der Waals surface area contributed by atoms with Crippen molar-refractivity contribution in [1.29, 1.82) is 0 Å². The molecule has 0 radical (unpaired) electrons. The van der Waals surface area contributed by atoms with E-state index in [9.17, 15) is 52.7 Å². The van der Waals surface area contributed by atoms with Crippen LogP contribution in [-0.2, 0) is 46.7 Å². The number of carbonyl (C=O) groups is 7. The number of hydrogen-bond acceptors (Lipinski definition) is 13. The lowest BCUT2D eigenvalue weighted by molar-refractivity contribution is -0.137. The largest absolute Gasteiger partial charge is 0.368 e. The van der Waals surface area contributed by atoms with E-state index in [0.717, 1.165) is 15.3 Å². The molecule has 0 fully saturated rings. The fraction of sp³-hybridized carbons (Fsp3) is 0.571. The third-order valence-corrected chi connectivity index (χ3v) is 8.92. The maximum Gasteiger partial charge on any atom is 0.328 e. The first-order valence-electron chi connectivity index (χ1n) is 18.6. The Bertz CT molecular complexity index is 2150. The minimum Gasteiger partial charge on any atom is -0.368 e. The zero-order valence-corrected chi connectivity index (χ0v) is 36.4. The number of nitrogens with one attached hydrogen (secondary N) is 8. The lowest BCUT2D eigenvalue weighted by Gasteiger charge is -2.30. The van der Waals surface area contributed by atoms with Crippen LogP contribution in [0.25, 0.3) is 0 Å². The molecule has 0 aromatic carbocycles. The highest BCUT2D eigenvalue weighted by molar-refractivity contribution is 5.98. The standard InChI is InChI=1S/C35H55N13O11.2ClH/c1-16-12-47(33(58)44-25(16)50)14-22(42-27(52)18(3)37)30(55)40-20(5)29(54)46-35(6,7)32(57)43-23(15-48-13-17(2)26(51)45-34(48)59)31(56)39-19(4)28(53)41-21(24(38)49)10-8-9-11-36;;/h12-13,18-23H,8-11,14-15,36-37H2,1-7H3,(H2,38,49)(H,39,56)(H,40,55)(H,41,53)(H,42,52)(H,43,57)(H,46,54)(H,44,50,58)(H,45,51,59);2*1H/t18-,19-,20-,21-,22-,23-;;/m0../s1. The van der Waals surface area contributed by atoms with Gasteiger partial charge in [-0.3, -0.25) is 62.3 Å². The first kappa shape index (κ1) is 55.2. The van der Waals surface area contributed by atoms with E-state index in [2.05, 4.69) is 41.9 Å². The van der Waals surface area contributed by atoms with Gasteiger partial charge in [-0.1, -0.05) is 0 Å². The monoisotopic (exact) mass is 905 g/mol. The summed E-state index contributed by atoms with van der Waals surface area (Å²) < 4.78 is 1.92. The van der Waals surface area contributed by atoms with Gasteiger partial charge in [-0.2, -0.15) is 0 Å². The third-order valence-electron chi connectivity index (χ3n) is 8.92. The van der Waals surface area contributed by atoms with E-state index < -0.39 is 119 Å². The summed E-state index contributed by atoms with van der Waals surface area (Å²) in [4.78, 5) is 145. The minimum absolute atomic E-state index is 0. The average Bonchev–Trinajstić information content (AvgIpc) is 3.14. The number of H-pyrrole nitrogens is 2. The zero-order valence-electron chi connectivity index (χ0n) is 34.8. The van der Waals surface area contributed by atoms with E-state index in [1.165, 1.54) is 54.7 Å². The van der Waals surface area contributed by atoms with Crippen molar-refractivity contribution in [3.8, 4) is 0 Å². The van der Waals surface area contributed by atoms with Crippen LogP contribution in [0.5, 0.6) is 0 Å². The van der Waals surface area contributed by atoms with Crippen LogP contribution in [0, 0.1) is 13.8 Å². The molecule has 14 N–H and O–H groups in total. The number of carbonyl (C=O) groups excluding carboxylic acids is 7. The molecular weight excluding hydrogens is 849 g/mol. The first-order valence-corrected chi connectivity index (χ1v) is 18.6. The fourth-order valence-electron chi connectivity index (χ4n) is 5.24. The molecule has 0 bridgehead atoms. The van der Waals surface area contributed by atoms with Gasteiger partial charge >= 0.3 is 11.4 Å². The summed E-state index contributed by atoms with van der Waals surface area (Å²) in [5.41, 5.74) is 11.8. The Balaban J connectivity index is 0.0000180. The van der Waals surface area contributed by atoms with Crippen LogP contribution in [0.15, 0.2) is 31.6 Å². The SMILES string of the molecule is Cc1cn(C[C@H](NC(=O)[C@H](C)N)C(=O)N[C@@H](C)C(=O)NC(C)(C)C(=O)N[C@@H](Cn2cc(C)c(=O)[nH]c2=O)C(=O)N[C@@H](C)C(=O)N[C@@H](CCCCN)C(N)=O)c(=O)[nH]c1=O.Cl.Cl. The van der Waals surface area contributed by atoms with Gasteiger partial charge in [0, 0.05) is 23.5 Å². The first-order chi connectivity index (χ1) is 27.4. The molecule has 0 aliphatic carbocycles. The van der Waals surface area contributed by atoms with Crippen LogP contribution < -0.4 is 71.6 Å². The molecule has 0 unspecified atom stereocenters. The molecular formula is C35H57Cl2N13O11. The highest BCUT2D eigenvalue weighted by Crippen LogP contribution is 2.07. The highest BCUT2D eigenvalue weighted by Gasteiger charge is 2.36. The maximum atomic E-state index is 13.7. The Morgan fingerprint density at radius 2 is 1.08 bits per heavy atom. The number of halogens is 2. The second-order valence-corrected chi connectivity index (χ2v) is 14.6. The van der Waals surface area contributed by atoms with Gasteiger partial charge in [0.05, 0.1) is 19.1 Å². The van der Waals surface area contributed by atoms with Gasteiger partial charge in [0.1, 0.15) is 35.7 Å². The van der Waals surface area contributed by atoms with Crippen LogP contribution in [0.1, 0.15) is 65.0 Å². The van der Waals surface area contributed by atoms with Crippen LogP contribution in [0.3, 0.4) is 0 Å². The molecule has 2 aromatic heterocycles. The molecule has 24 nitrogen and oxygen atoms in total. The van der Waals surface area contributed by atoms with Gasteiger partial charge in [-0.15, -0.1) is 24.8 Å². The molecule has 0 aliphatic heterocycles. The lowest BCUT2D eigenvalue weighted by atomic mass is 10.0. The summed E-state index contributed by atoms with van der Waals surface area (Å²) >= 11 is 0. The molecule has 26 heteroatoms. The molecule has 0 spiro atoms. The molecule has 61 heavy (non-hydrogen) atoms. The van der Waals surface area contributed by atoms with E-state index in [-0.39, 0.29) is 42.4 Å². The van der Waals surface area contributed by atoms with Crippen LogP contribution in [0.4, 0.5) is 0 Å². The molecule has 0 aliphatic rings. The summed E-state index contributed by atoms with van der Waals surface area (Å²) in [6.45, 7) is 8.58. The van der Waals surface area contributed by atoms with Crippen LogP contribution in [0.2, 0.25) is 0 Å². The van der Waals surface area contributed by atoms with Crippen molar-refractivity contribution in [2.24, 2.45) is 17.2 Å². The van der Waals surface area contributed by atoms with Crippen molar-refractivity contribution < 1.29 is 33.6 Å². The molecule has 342 valence electrons. The van der Waals surface area contributed by atoms with E-state index in [1.807, 2.05) is 0 Å². The Morgan fingerprint density at radius 1 is 0.656 bits per heavy atom. The van der Waals surface area contributed by atoms with Crippen LogP contribution >= 0.6 is 24.8 Å². The Labute approximate surface area is 361 Å². The number of aromatic amines is 2. The summed E-state index contributed by atoms with van der Waals surface area (Å²) in [7, 11) is 0. The molecule has 7 amide bonds. The van der Waals surface area contributed by atoms with Gasteiger partial charge in [0.2, 0.25) is 41.4 Å². The van der Waals surface area contributed by atoms with Gasteiger partial charge in [0.25, 0.3) is 11.1 Å². The predicted octanol–water partition coefficient (Wildman–Crippen LogP) is -5.13. The van der Waals surface area contributed by atoms with Gasteiger partial charge < -0.3 is 49.1 Å². The molecule has 0 saturated carbocycles. The van der Waals surface area contributed by atoms with Gasteiger partial charge in [-0.25, -0.2) is 9.59 Å². The summed E-state index contributed by atoms with van der Waals surface area (Å²) in [5.74, 6) is -6.17. The molecule has 2 heterocycles. The number of rotatable bonds is 21. The maximum absolute atomic E-state index is 13.7. The Morgan fingerprint density at radius 3 is 1.51 bits per heavy atom.